The van der Waals surface area contributed by atoms with E-state index in [9.17, 15) is 0 Å². The molecule has 3 rings (SSSR count). The maximum absolute atomic E-state index is 3.51. The van der Waals surface area contributed by atoms with Crippen LogP contribution >= 0.6 is 0 Å². The molecular weight excluding hydrogens is 218 g/mol. The fraction of sp³-hybridized carbons (Fsp3) is 0.176. The number of nitrogens with one attached hydrogen (secondary N) is 1. The van der Waals surface area contributed by atoms with Gasteiger partial charge < -0.3 is 4.98 Å². The lowest BCUT2D eigenvalue weighted by Gasteiger charge is -2.10. The monoisotopic (exact) mass is 235 g/mol. The van der Waals surface area contributed by atoms with Crippen molar-refractivity contribution in [3.05, 3.63) is 60.2 Å². The molecule has 1 aromatic heterocycles. The van der Waals surface area contributed by atoms with E-state index in [0.717, 1.165) is 0 Å². The topological polar surface area (TPSA) is 15.8 Å². The van der Waals surface area contributed by atoms with Gasteiger partial charge in [0, 0.05) is 22.2 Å². The first-order chi connectivity index (χ1) is 8.75. The van der Waals surface area contributed by atoms with E-state index in [1.807, 2.05) is 0 Å². The number of rotatable bonds is 2. The Kier molecular flexibility index (Phi) is 2.67. The number of hydrogen-bond acceptors (Lipinski definition) is 0. The highest BCUT2D eigenvalue weighted by molar-refractivity contribution is 5.86. The third-order valence-corrected chi connectivity index (χ3v) is 3.40. The Morgan fingerprint density at radius 2 is 1.61 bits per heavy atom. The fourth-order valence-corrected chi connectivity index (χ4v) is 2.46. The second-order valence-corrected chi connectivity index (χ2v) is 5.01. The highest BCUT2D eigenvalue weighted by atomic mass is 14.7. The maximum Gasteiger partial charge on any atom is 0.0467 e. The van der Waals surface area contributed by atoms with E-state index >= 15 is 0 Å². The van der Waals surface area contributed by atoms with Crippen LogP contribution in [-0.4, -0.2) is 4.98 Å². The minimum Gasteiger partial charge on any atom is -0.355 e. The summed E-state index contributed by atoms with van der Waals surface area (Å²) in [4.78, 5) is 3.51. The minimum atomic E-state index is 0.535. The first-order valence-electron chi connectivity index (χ1n) is 6.43. The molecule has 0 fully saturated rings. The van der Waals surface area contributed by atoms with Crippen molar-refractivity contribution in [1.29, 1.82) is 0 Å². The summed E-state index contributed by atoms with van der Waals surface area (Å²) in [5.41, 5.74) is 5.11. The lowest BCUT2D eigenvalue weighted by atomic mass is 9.95. The molecule has 0 aliphatic rings. The number of fused-ring (bicyclic) bond motifs is 1. The average molecular weight is 235 g/mol. The molecule has 1 nitrogen and oxygen atoms in total. The van der Waals surface area contributed by atoms with Crippen LogP contribution in [0, 0.1) is 0 Å². The predicted molar refractivity (Wildman–Crippen MR) is 77.8 cm³/mol. The minimum absolute atomic E-state index is 0.535. The SMILES string of the molecule is CC(C)c1ccccc1-c1cc2ccccc2[nH]1. The molecule has 3 aromatic rings. The summed E-state index contributed by atoms with van der Waals surface area (Å²) >= 11 is 0. The second-order valence-electron chi connectivity index (χ2n) is 5.01. The third-order valence-electron chi connectivity index (χ3n) is 3.40. The van der Waals surface area contributed by atoms with Gasteiger partial charge in [-0.3, -0.25) is 0 Å². The molecule has 0 aliphatic carbocycles. The number of aromatic amines is 1. The number of benzene rings is 2. The van der Waals surface area contributed by atoms with E-state index in [4.69, 9.17) is 0 Å². The number of aromatic nitrogens is 1. The molecule has 0 atom stereocenters. The van der Waals surface area contributed by atoms with Crippen LogP contribution in [0.5, 0.6) is 0 Å². The largest absolute Gasteiger partial charge is 0.355 e. The van der Waals surface area contributed by atoms with Gasteiger partial charge in [0.25, 0.3) is 0 Å². The summed E-state index contributed by atoms with van der Waals surface area (Å²) in [6.45, 7) is 4.48. The molecule has 0 spiro atoms. The standard InChI is InChI=1S/C17H17N/c1-12(2)14-8-4-5-9-15(14)17-11-13-7-3-6-10-16(13)18-17/h3-12,18H,1-2H3. The molecule has 2 aromatic carbocycles. The van der Waals surface area contributed by atoms with Gasteiger partial charge in [0.15, 0.2) is 0 Å². The Morgan fingerprint density at radius 3 is 2.39 bits per heavy atom. The molecule has 18 heavy (non-hydrogen) atoms. The zero-order valence-electron chi connectivity index (χ0n) is 10.8. The van der Waals surface area contributed by atoms with Crippen LogP contribution < -0.4 is 0 Å². The van der Waals surface area contributed by atoms with Crippen molar-refractivity contribution >= 4 is 10.9 Å². The predicted octanol–water partition coefficient (Wildman–Crippen LogP) is 4.96. The van der Waals surface area contributed by atoms with Crippen molar-refractivity contribution < 1.29 is 0 Å². The molecule has 1 N–H and O–H groups in total. The highest BCUT2D eigenvalue weighted by Crippen LogP contribution is 2.30. The Balaban J connectivity index is 2.20. The van der Waals surface area contributed by atoms with Crippen molar-refractivity contribution in [2.24, 2.45) is 0 Å². The Hall–Kier alpha value is -2.02. The van der Waals surface area contributed by atoms with Gasteiger partial charge in [0.1, 0.15) is 0 Å². The first-order valence-corrected chi connectivity index (χ1v) is 6.43. The summed E-state index contributed by atoms with van der Waals surface area (Å²) in [6, 6.07) is 19.3. The van der Waals surface area contributed by atoms with Gasteiger partial charge in [-0.05, 0) is 23.6 Å². The van der Waals surface area contributed by atoms with Crippen LogP contribution in [0.2, 0.25) is 0 Å². The van der Waals surface area contributed by atoms with E-state index in [0.29, 0.717) is 5.92 Å². The lowest BCUT2D eigenvalue weighted by molar-refractivity contribution is 0.868. The van der Waals surface area contributed by atoms with E-state index in [-0.39, 0.29) is 0 Å². The van der Waals surface area contributed by atoms with Gasteiger partial charge in [-0.1, -0.05) is 56.3 Å². The van der Waals surface area contributed by atoms with E-state index in [2.05, 4.69) is 73.4 Å². The number of H-pyrrole nitrogens is 1. The quantitative estimate of drug-likeness (QED) is 0.646. The molecule has 1 heteroatoms. The summed E-state index contributed by atoms with van der Waals surface area (Å²) in [7, 11) is 0. The van der Waals surface area contributed by atoms with Gasteiger partial charge in [-0.15, -0.1) is 0 Å². The fourth-order valence-electron chi connectivity index (χ4n) is 2.46. The summed E-state index contributed by atoms with van der Waals surface area (Å²) < 4.78 is 0. The molecule has 0 amide bonds. The first kappa shape index (κ1) is 11.1. The molecule has 0 saturated carbocycles. The van der Waals surface area contributed by atoms with E-state index in [1.54, 1.807) is 0 Å². The zero-order valence-corrected chi connectivity index (χ0v) is 10.8. The average Bonchev–Trinajstić information content (AvgIpc) is 2.82. The molecule has 0 radical (unpaired) electrons. The smallest absolute Gasteiger partial charge is 0.0467 e. The molecule has 0 bridgehead atoms. The molecule has 0 saturated heterocycles. The summed E-state index contributed by atoms with van der Waals surface area (Å²) in [5.74, 6) is 0.535. The molecule has 90 valence electrons. The number of hydrogen-bond donors (Lipinski definition) is 1. The second kappa shape index (κ2) is 4.34. The van der Waals surface area contributed by atoms with Crippen LogP contribution in [0.15, 0.2) is 54.6 Å². The van der Waals surface area contributed by atoms with E-state index < -0.39 is 0 Å². The molecule has 0 aliphatic heterocycles. The Bertz CT molecular complexity index is 644. The third kappa shape index (κ3) is 1.82. The van der Waals surface area contributed by atoms with Crippen molar-refractivity contribution in [1.82, 2.24) is 4.98 Å². The van der Waals surface area contributed by atoms with Crippen molar-refractivity contribution in [3.63, 3.8) is 0 Å². The summed E-state index contributed by atoms with van der Waals surface area (Å²) in [5, 5.41) is 1.27. The molecule has 0 unspecified atom stereocenters. The van der Waals surface area contributed by atoms with Crippen molar-refractivity contribution in [3.8, 4) is 11.3 Å². The van der Waals surface area contributed by atoms with Crippen LogP contribution in [0.4, 0.5) is 0 Å². The molecular formula is C17H17N. The normalized spacial score (nSPS) is 11.3. The molecule has 1 heterocycles. The van der Waals surface area contributed by atoms with Crippen molar-refractivity contribution in [2.45, 2.75) is 19.8 Å². The van der Waals surface area contributed by atoms with Gasteiger partial charge in [-0.2, -0.15) is 0 Å². The van der Waals surface area contributed by atoms with Crippen LogP contribution in [0.25, 0.3) is 22.2 Å². The Labute approximate surface area is 107 Å². The van der Waals surface area contributed by atoms with Crippen molar-refractivity contribution in [2.75, 3.05) is 0 Å². The van der Waals surface area contributed by atoms with E-state index in [1.165, 1.54) is 27.7 Å². The Morgan fingerprint density at radius 1 is 0.889 bits per heavy atom. The van der Waals surface area contributed by atoms with Gasteiger partial charge in [-0.25, -0.2) is 0 Å². The maximum atomic E-state index is 3.51. The zero-order chi connectivity index (χ0) is 12.5. The highest BCUT2D eigenvalue weighted by Gasteiger charge is 2.09. The van der Waals surface area contributed by atoms with Crippen LogP contribution in [0.1, 0.15) is 25.3 Å². The van der Waals surface area contributed by atoms with Gasteiger partial charge in [0.05, 0.1) is 0 Å². The number of para-hydroxylation sites is 1. The summed E-state index contributed by atoms with van der Waals surface area (Å²) in [6.07, 6.45) is 0. The van der Waals surface area contributed by atoms with Crippen LogP contribution in [0.3, 0.4) is 0 Å². The van der Waals surface area contributed by atoms with Crippen LogP contribution in [-0.2, 0) is 0 Å². The van der Waals surface area contributed by atoms with Gasteiger partial charge in [0.2, 0.25) is 0 Å². The lowest BCUT2D eigenvalue weighted by Crippen LogP contribution is -1.91. The van der Waals surface area contributed by atoms with Gasteiger partial charge >= 0.3 is 0 Å².